The number of nitrogens with two attached hydrogens (primary N) is 1. The molecule has 0 aliphatic heterocycles. The summed E-state index contributed by atoms with van der Waals surface area (Å²) < 4.78 is 1.94. The molecule has 1 aromatic rings. The third kappa shape index (κ3) is 1.79. The number of hydrogen-bond acceptors (Lipinski definition) is 4. The third-order valence-corrected chi connectivity index (χ3v) is 3.35. The molecule has 0 spiro atoms. The number of hydrogen-bond donors (Lipinski definition) is 2. The average molecular weight is 212 g/mol. The summed E-state index contributed by atoms with van der Waals surface area (Å²) in [6, 6.07) is 0.497. The molecule has 2 N–H and O–H groups in total. The van der Waals surface area contributed by atoms with E-state index in [-0.39, 0.29) is 6.04 Å². The van der Waals surface area contributed by atoms with Gasteiger partial charge in [0.2, 0.25) is 0 Å². The van der Waals surface area contributed by atoms with Gasteiger partial charge in [0.15, 0.2) is 0 Å². The summed E-state index contributed by atoms with van der Waals surface area (Å²) in [5, 5.41) is 8.13. The molecule has 1 atom stereocenters. The zero-order valence-electron chi connectivity index (χ0n) is 8.30. The van der Waals surface area contributed by atoms with Crippen LogP contribution in [0, 0.1) is 5.92 Å². The smallest absolute Gasteiger partial charge is 0.0991 e. The van der Waals surface area contributed by atoms with E-state index in [1.54, 1.807) is 0 Å². The van der Waals surface area contributed by atoms with Crippen molar-refractivity contribution in [3.05, 3.63) is 11.9 Å². The predicted octanol–water partition coefficient (Wildman–Crippen LogP) is 1.18. The third-order valence-electron chi connectivity index (χ3n) is 2.84. The Kier molecular flexibility index (Phi) is 2.78. The molecule has 1 heterocycles. The Morgan fingerprint density at radius 3 is 2.93 bits per heavy atom. The maximum Gasteiger partial charge on any atom is 0.0991 e. The molecule has 2 rings (SSSR count). The van der Waals surface area contributed by atoms with E-state index in [1.807, 2.05) is 17.8 Å². The lowest BCUT2D eigenvalue weighted by molar-refractivity contribution is 0.202. The summed E-state index contributed by atoms with van der Waals surface area (Å²) in [5.41, 5.74) is 6.59. The van der Waals surface area contributed by atoms with Crippen LogP contribution >= 0.6 is 12.6 Å². The molecule has 14 heavy (non-hydrogen) atoms. The highest BCUT2D eigenvalue weighted by molar-refractivity contribution is 7.80. The molecular formula is C9H16N4S. The second-order valence-corrected chi connectivity index (χ2v) is 4.45. The van der Waals surface area contributed by atoms with Gasteiger partial charge < -0.3 is 5.73 Å². The minimum absolute atomic E-state index is 0.0236. The molecule has 0 saturated heterocycles. The van der Waals surface area contributed by atoms with Crippen LogP contribution in [0.25, 0.3) is 0 Å². The molecule has 0 amide bonds. The van der Waals surface area contributed by atoms with E-state index in [2.05, 4.69) is 22.9 Å². The van der Waals surface area contributed by atoms with Crippen molar-refractivity contribution in [2.45, 2.75) is 31.8 Å². The van der Waals surface area contributed by atoms with Crippen LogP contribution < -0.4 is 5.73 Å². The monoisotopic (exact) mass is 212 g/mol. The van der Waals surface area contributed by atoms with Crippen molar-refractivity contribution in [2.75, 3.05) is 5.75 Å². The summed E-state index contributed by atoms with van der Waals surface area (Å²) in [5.74, 6) is 1.73. The Balaban J connectivity index is 1.98. The summed E-state index contributed by atoms with van der Waals surface area (Å²) in [7, 11) is 0. The van der Waals surface area contributed by atoms with E-state index in [1.165, 1.54) is 12.8 Å². The highest BCUT2D eigenvalue weighted by atomic mass is 32.1. The Labute approximate surface area is 89.3 Å². The molecule has 1 fully saturated rings. The summed E-state index contributed by atoms with van der Waals surface area (Å²) in [6.07, 6.45) is 4.31. The van der Waals surface area contributed by atoms with Crippen LogP contribution in [0.2, 0.25) is 0 Å². The Bertz CT molecular complexity index is 304. The van der Waals surface area contributed by atoms with Crippen molar-refractivity contribution in [1.29, 1.82) is 0 Å². The number of thiol groups is 1. The summed E-state index contributed by atoms with van der Waals surface area (Å²) in [4.78, 5) is 0. The van der Waals surface area contributed by atoms with Crippen LogP contribution in [0.15, 0.2) is 6.20 Å². The fourth-order valence-corrected chi connectivity index (χ4v) is 2.04. The number of aromatic nitrogens is 3. The molecule has 1 saturated carbocycles. The topological polar surface area (TPSA) is 56.7 Å². The SMILES string of the molecule is CC(N)c1cn(C2CC(CS)C2)nn1. The van der Waals surface area contributed by atoms with E-state index in [9.17, 15) is 0 Å². The molecular weight excluding hydrogens is 196 g/mol. The van der Waals surface area contributed by atoms with E-state index < -0.39 is 0 Å². The van der Waals surface area contributed by atoms with E-state index >= 15 is 0 Å². The van der Waals surface area contributed by atoms with Gasteiger partial charge in [0, 0.05) is 6.04 Å². The minimum atomic E-state index is -0.0236. The fourth-order valence-electron chi connectivity index (χ4n) is 1.74. The van der Waals surface area contributed by atoms with Crippen LogP contribution in [-0.4, -0.2) is 20.7 Å². The van der Waals surface area contributed by atoms with Gasteiger partial charge in [0.25, 0.3) is 0 Å². The molecule has 4 nitrogen and oxygen atoms in total. The van der Waals surface area contributed by atoms with Crippen molar-refractivity contribution in [2.24, 2.45) is 11.7 Å². The molecule has 0 radical (unpaired) electrons. The van der Waals surface area contributed by atoms with Crippen LogP contribution in [0.3, 0.4) is 0 Å². The zero-order valence-corrected chi connectivity index (χ0v) is 9.19. The Hall–Kier alpha value is -0.550. The van der Waals surface area contributed by atoms with Crippen molar-refractivity contribution in [3.8, 4) is 0 Å². The number of rotatable bonds is 3. The van der Waals surface area contributed by atoms with Gasteiger partial charge in [-0.2, -0.15) is 12.6 Å². The molecule has 78 valence electrons. The van der Waals surface area contributed by atoms with E-state index in [0.29, 0.717) is 6.04 Å². The maximum atomic E-state index is 5.71. The van der Waals surface area contributed by atoms with Gasteiger partial charge in [0.05, 0.1) is 17.9 Å². The van der Waals surface area contributed by atoms with Gasteiger partial charge in [-0.25, -0.2) is 4.68 Å². The van der Waals surface area contributed by atoms with Crippen LogP contribution in [-0.2, 0) is 0 Å². The van der Waals surface area contributed by atoms with E-state index in [0.717, 1.165) is 17.4 Å². The second kappa shape index (κ2) is 3.90. The van der Waals surface area contributed by atoms with Crippen molar-refractivity contribution < 1.29 is 0 Å². The van der Waals surface area contributed by atoms with Gasteiger partial charge in [0.1, 0.15) is 0 Å². The minimum Gasteiger partial charge on any atom is -0.323 e. The molecule has 5 heteroatoms. The first-order valence-corrected chi connectivity index (χ1v) is 5.62. The van der Waals surface area contributed by atoms with Gasteiger partial charge in [-0.1, -0.05) is 5.21 Å². The van der Waals surface area contributed by atoms with Gasteiger partial charge in [-0.3, -0.25) is 0 Å². The highest BCUT2D eigenvalue weighted by Crippen LogP contribution is 2.37. The first-order valence-electron chi connectivity index (χ1n) is 4.99. The molecule has 1 aromatic heterocycles. The first kappa shape index (κ1) is 9.98. The first-order chi connectivity index (χ1) is 6.70. The molecule has 0 bridgehead atoms. The lowest BCUT2D eigenvalue weighted by atomic mass is 9.82. The summed E-state index contributed by atoms with van der Waals surface area (Å²) >= 11 is 4.27. The van der Waals surface area contributed by atoms with Gasteiger partial charge in [-0.15, -0.1) is 5.10 Å². The summed E-state index contributed by atoms with van der Waals surface area (Å²) in [6.45, 7) is 1.92. The van der Waals surface area contributed by atoms with Crippen molar-refractivity contribution >= 4 is 12.6 Å². The number of nitrogens with zero attached hydrogens (tertiary/aromatic N) is 3. The quantitative estimate of drug-likeness (QED) is 0.740. The van der Waals surface area contributed by atoms with Crippen LogP contribution in [0.5, 0.6) is 0 Å². The van der Waals surface area contributed by atoms with E-state index in [4.69, 9.17) is 5.73 Å². The molecule has 1 unspecified atom stereocenters. The normalized spacial score (nSPS) is 28.5. The fraction of sp³-hybridized carbons (Fsp3) is 0.778. The predicted molar refractivity (Wildman–Crippen MR) is 58.2 cm³/mol. The van der Waals surface area contributed by atoms with Crippen LogP contribution in [0.1, 0.15) is 37.5 Å². The van der Waals surface area contributed by atoms with Crippen LogP contribution in [0.4, 0.5) is 0 Å². The van der Waals surface area contributed by atoms with Crippen molar-refractivity contribution in [3.63, 3.8) is 0 Å². The maximum absolute atomic E-state index is 5.71. The molecule has 0 aromatic carbocycles. The molecule has 1 aliphatic carbocycles. The molecule has 1 aliphatic rings. The largest absolute Gasteiger partial charge is 0.323 e. The highest BCUT2D eigenvalue weighted by Gasteiger charge is 2.30. The second-order valence-electron chi connectivity index (χ2n) is 4.09. The Morgan fingerprint density at radius 2 is 2.43 bits per heavy atom. The van der Waals surface area contributed by atoms with Gasteiger partial charge >= 0.3 is 0 Å². The van der Waals surface area contributed by atoms with Crippen molar-refractivity contribution in [1.82, 2.24) is 15.0 Å². The average Bonchev–Trinajstić information content (AvgIpc) is 2.51. The van der Waals surface area contributed by atoms with Gasteiger partial charge in [-0.05, 0) is 31.4 Å². The lowest BCUT2D eigenvalue weighted by Gasteiger charge is -2.33. The zero-order chi connectivity index (χ0) is 10.1. The standard InChI is InChI=1S/C9H16N4S/c1-6(10)9-4-13(12-11-9)8-2-7(3-8)5-14/h4,6-8,14H,2-3,5,10H2,1H3. The lowest BCUT2D eigenvalue weighted by Crippen LogP contribution is -2.28. The Morgan fingerprint density at radius 1 is 1.71 bits per heavy atom.